The molecular weight excluding hydrogens is 388 g/mol. The number of carbonyl (C=O) groups is 1. The van der Waals surface area contributed by atoms with Crippen molar-refractivity contribution < 1.29 is 9.53 Å². The Balaban J connectivity index is 1.75. The van der Waals surface area contributed by atoms with Gasteiger partial charge in [-0.25, -0.2) is 9.67 Å². The first-order valence-electron chi connectivity index (χ1n) is 9.72. The van der Waals surface area contributed by atoms with Crippen LogP contribution in [0.4, 0.5) is 0 Å². The number of nitrogens with zero attached hydrogens (tertiary/aromatic N) is 4. The van der Waals surface area contributed by atoms with Gasteiger partial charge in [-0.15, -0.1) is 5.10 Å². The first-order valence-corrected chi connectivity index (χ1v) is 10.1. The minimum atomic E-state index is -0.132. The van der Waals surface area contributed by atoms with Crippen LogP contribution in [0, 0.1) is 5.92 Å². The Kier molecular flexibility index (Phi) is 5.53. The van der Waals surface area contributed by atoms with Crippen LogP contribution in [0.2, 0.25) is 5.02 Å². The van der Waals surface area contributed by atoms with E-state index in [1.807, 2.05) is 41.3 Å². The molecule has 1 aromatic heterocycles. The van der Waals surface area contributed by atoms with Gasteiger partial charge in [0.2, 0.25) is 5.82 Å². The number of hydrogen-bond acceptors (Lipinski definition) is 4. The van der Waals surface area contributed by atoms with Gasteiger partial charge < -0.3 is 9.64 Å². The maximum absolute atomic E-state index is 13.0. The third-order valence-corrected chi connectivity index (χ3v) is 5.51. The molecule has 29 heavy (non-hydrogen) atoms. The number of methoxy groups -OCH3 is 1. The number of hydrogen-bond donors (Lipinski definition) is 0. The van der Waals surface area contributed by atoms with Gasteiger partial charge in [0.25, 0.3) is 5.91 Å². The van der Waals surface area contributed by atoms with E-state index in [0.717, 1.165) is 42.9 Å². The second-order valence-electron chi connectivity index (χ2n) is 7.35. The van der Waals surface area contributed by atoms with E-state index in [9.17, 15) is 4.79 Å². The fourth-order valence-electron chi connectivity index (χ4n) is 3.47. The Morgan fingerprint density at radius 1 is 1.14 bits per heavy atom. The Hall–Kier alpha value is -2.86. The fraction of sp³-hybridized carbons (Fsp3) is 0.318. The Morgan fingerprint density at radius 3 is 2.52 bits per heavy atom. The van der Waals surface area contributed by atoms with Crippen LogP contribution in [0.3, 0.4) is 0 Å². The van der Waals surface area contributed by atoms with Crippen LogP contribution in [0.1, 0.15) is 30.4 Å². The largest absolute Gasteiger partial charge is 0.497 e. The molecule has 2 heterocycles. The van der Waals surface area contributed by atoms with Crippen LogP contribution in [-0.4, -0.2) is 45.8 Å². The van der Waals surface area contributed by atoms with Crippen LogP contribution in [0.5, 0.6) is 5.75 Å². The third-order valence-electron chi connectivity index (χ3n) is 5.27. The van der Waals surface area contributed by atoms with Gasteiger partial charge in [-0.2, -0.15) is 0 Å². The first-order chi connectivity index (χ1) is 14.0. The molecule has 0 spiro atoms. The number of carbonyl (C=O) groups excluding carboxylic acids is 1. The van der Waals surface area contributed by atoms with Gasteiger partial charge in [-0.1, -0.05) is 24.6 Å². The number of aromatic nitrogens is 3. The average molecular weight is 411 g/mol. The monoisotopic (exact) mass is 410 g/mol. The van der Waals surface area contributed by atoms with E-state index in [1.54, 1.807) is 23.9 Å². The Morgan fingerprint density at radius 2 is 1.86 bits per heavy atom. The number of benzene rings is 2. The summed E-state index contributed by atoms with van der Waals surface area (Å²) in [6.07, 6.45) is 2.01. The second-order valence-corrected chi connectivity index (χ2v) is 7.79. The number of halogens is 1. The number of likely N-dealkylation sites (tertiary alicyclic amines) is 1. The van der Waals surface area contributed by atoms with Crippen LogP contribution in [0.15, 0.2) is 48.5 Å². The number of ether oxygens (including phenoxy) is 1. The van der Waals surface area contributed by atoms with Gasteiger partial charge in [0.05, 0.1) is 12.8 Å². The van der Waals surface area contributed by atoms with Crippen LogP contribution in [0.25, 0.3) is 17.1 Å². The molecule has 0 bridgehead atoms. The van der Waals surface area contributed by atoms with E-state index in [4.69, 9.17) is 16.3 Å². The fourth-order valence-corrected chi connectivity index (χ4v) is 3.66. The molecule has 2 aromatic carbocycles. The van der Waals surface area contributed by atoms with Crippen LogP contribution in [-0.2, 0) is 0 Å². The quantitative estimate of drug-likeness (QED) is 0.636. The van der Waals surface area contributed by atoms with Gasteiger partial charge in [-0.3, -0.25) is 4.79 Å². The minimum Gasteiger partial charge on any atom is -0.497 e. The molecule has 1 amide bonds. The zero-order chi connectivity index (χ0) is 20.4. The lowest BCUT2D eigenvalue weighted by Gasteiger charge is -2.29. The average Bonchev–Trinajstić information content (AvgIpc) is 3.19. The summed E-state index contributed by atoms with van der Waals surface area (Å²) >= 11 is 6.18. The standard InChI is InChI=1S/C22H23ClN4O2/c1-15-10-12-26(13-11-15)22(28)20-24-21(16-6-8-19(29-2)9-7-16)27(25-20)18-5-3-4-17(23)14-18/h3-9,14-15H,10-13H2,1-2H3. The lowest BCUT2D eigenvalue weighted by atomic mass is 9.99. The molecule has 7 heteroatoms. The van der Waals surface area contributed by atoms with Crippen molar-refractivity contribution >= 4 is 17.5 Å². The minimum absolute atomic E-state index is 0.132. The zero-order valence-corrected chi connectivity index (χ0v) is 17.3. The SMILES string of the molecule is COc1ccc(-c2nc(C(=O)N3CCC(C)CC3)nn2-c2cccc(Cl)c2)cc1. The second kappa shape index (κ2) is 8.25. The summed E-state index contributed by atoms with van der Waals surface area (Å²) in [6.45, 7) is 3.70. The molecule has 1 aliphatic rings. The number of amides is 1. The van der Waals surface area contributed by atoms with Gasteiger partial charge in [0, 0.05) is 23.7 Å². The van der Waals surface area contributed by atoms with E-state index >= 15 is 0 Å². The summed E-state index contributed by atoms with van der Waals surface area (Å²) < 4.78 is 6.92. The lowest BCUT2D eigenvalue weighted by molar-refractivity contribution is 0.0685. The highest BCUT2D eigenvalue weighted by Crippen LogP contribution is 2.26. The van der Waals surface area contributed by atoms with Crippen molar-refractivity contribution in [2.75, 3.05) is 20.2 Å². The van der Waals surface area contributed by atoms with Crippen molar-refractivity contribution in [3.05, 3.63) is 59.4 Å². The van der Waals surface area contributed by atoms with Gasteiger partial charge in [0.15, 0.2) is 5.82 Å². The molecule has 4 rings (SSSR count). The molecule has 1 fully saturated rings. The number of piperidine rings is 1. The van der Waals surface area contributed by atoms with E-state index in [2.05, 4.69) is 17.0 Å². The normalized spacial score (nSPS) is 14.8. The molecule has 0 N–H and O–H groups in total. The van der Waals surface area contributed by atoms with Crippen LogP contribution >= 0.6 is 11.6 Å². The highest BCUT2D eigenvalue weighted by Gasteiger charge is 2.26. The molecule has 0 aliphatic carbocycles. The molecule has 1 saturated heterocycles. The Labute approximate surface area is 175 Å². The molecule has 0 radical (unpaired) electrons. The summed E-state index contributed by atoms with van der Waals surface area (Å²) in [6, 6.07) is 14.9. The van der Waals surface area contributed by atoms with E-state index in [1.165, 1.54) is 0 Å². The van der Waals surface area contributed by atoms with Crippen molar-refractivity contribution in [1.29, 1.82) is 0 Å². The summed E-state index contributed by atoms with van der Waals surface area (Å²) in [5.41, 5.74) is 1.59. The van der Waals surface area contributed by atoms with Crippen molar-refractivity contribution in [2.45, 2.75) is 19.8 Å². The Bertz CT molecular complexity index is 1010. The molecule has 6 nitrogen and oxygen atoms in total. The molecule has 0 atom stereocenters. The summed E-state index contributed by atoms with van der Waals surface area (Å²) in [5.74, 6) is 2.05. The maximum Gasteiger partial charge on any atom is 0.293 e. The maximum atomic E-state index is 13.0. The zero-order valence-electron chi connectivity index (χ0n) is 16.5. The van der Waals surface area contributed by atoms with Gasteiger partial charge in [-0.05, 0) is 61.2 Å². The summed E-state index contributed by atoms with van der Waals surface area (Å²) in [7, 11) is 1.62. The molecular formula is C22H23ClN4O2. The van der Waals surface area contributed by atoms with Crippen molar-refractivity contribution in [1.82, 2.24) is 19.7 Å². The van der Waals surface area contributed by atoms with E-state index < -0.39 is 0 Å². The molecule has 0 unspecified atom stereocenters. The highest BCUT2D eigenvalue weighted by atomic mass is 35.5. The number of rotatable bonds is 4. The predicted molar refractivity (Wildman–Crippen MR) is 113 cm³/mol. The molecule has 0 saturated carbocycles. The highest BCUT2D eigenvalue weighted by molar-refractivity contribution is 6.30. The summed E-state index contributed by atoms with van der Waals surface area (Å²) in [5, 5.41) is 5.15. The third kappa shape index (κ3) is 4.12. The lowest BCUT2D eigenvalue weighted by Crippen LogP contribution is -2.38. The molecule has 1 aliphatic heterocycles. The topological polar surface area (TPSA) is 60.2 Å². The van der Waals surface area contributed by atoms with E-state index in [-0.39, 0.29) is 11.7 Å². The van der Waals surface area contributed by atoms with E-state index in [0.29, 0.717) is 16.8 Å². The van der Waals surface area contributed by atoms with Crippen molar-refractivity contribution in [3.8, 4) is 22.8 Å². The molecule has 3 aromatic rings. The van der Waals surface area contributed by atoms with Gasteiger partial charge in [0.1, 0.15) is 5.75 Å². The summed E-state index contributed by atoms with van der Waals surface area (Å²) in [4.78, 5) is 19.5. The van der Waals surface area contributed by atoms with Crippen molar-refractivity contribution in [2.24, 2.45) is 5.92 Å². The smallest absolute Gasteiger partial charge is 0.293 e. The molecule has 150 valence electrons. The first kappa shape index (κ1) is 19.5. The van der Waals surface area contributed by atoms with Crippen LogP contribution < -0.4 is 4.74 Å². The predicted octanol–water partition coefficient (Wildman–Crippen LogP) is 4.47. The van der Waals surface area contributed by atoms with Crippen molar-refractivity contribution in [3.63, 3.8) is 0 Å². The van der Waals surface area contributed by atoms with Gasteiger partial charge >= 0.3 is 0 Å².